The molecule has 1 saturated carbocycles. The van der Waals surface area contributed by atoms with Crippen molar-refractivity contribution in [2.45, 2.75) is 37.8 Å². The molecule has 8 heteroatoms. The largest absolute Gasteiger partial charge is 0.506 e. The number of nitrogens with one attached hydrogen (secondary N) is 2. The molecule has 1 fully saturated rings. The van der Waals surface area contributed by atoms with Crippen molar-refractivity contribution < 1.29 is 23.4 Å². The van der Waals surface area contributed by atoms with Gasteiger partial charge in [-0.1, -0.05) is 12.8 Å². The lowest BCUT2D eigenvalue weighted by Gasteiger charge is -2.17. The van der Waals surface area contributed by atoms with Crippen molar-refractivity contribution in [1.29, 1.82) is 0 Å². The van der Waals surface area contributed by atoms with Crippen molar-refractivity contribution in [2.24, 2.45) is 0 Å². The summed E-state index contributed by atoms with van der Waals surface area (Å²) < 4.78 is 30.1. The number of aliphatic hydroxyl groups excluding tert-OH is 1. The average molecular weight is 344 g/mol. The molecule has 7 nitrogen and oxygen atoms in total. The summed E-state index contributed by atoms with van der Waals surface area (Å²) in [5.41, 5.74) is 0.0450. The first-order valence-electron chi connectivity index (χ1n) is 7.68. The molecule has 1 aliphatic rings. The van der Waals surface area contributed by atoms with E-state index in [0.717, 1.165) is 19.1 Å². The van der Waals surface area contributed by atoms with E-state index < -0.39 is 16.1 Å². The predicted molar refractivity (Wildman–Crippen MR) is 88.3 cm³/mol. The lowest BCUT2D eigenvalue weighted by molar-refractivity contribution is 0.104. The van der Waals surface area contributed by atoms with Crippen LogP contribution in [0.15, 0.2) is 18.2 Å². The lowest BCUT2D eigenvalue weighted by atomic mass is 10.2. The van der Waals surface area contributed by atoms with Gasteiger partial charge in [0.05, 0.1) is 11.9 Å². The highest BCUT2D eigenvalue weighted by Crippen LogP contribution is 2.28. The van der Waals surface area contributed by atoms with Crippen molar-refractivity contribution in [3.63, 3.8) is 0 Å². The van der Waals surface area contributed by atoms with Gasteiger partial charge >= 0.3 is 0 Å². The summed E-state index contributed by atoms with van der Waals surface area (Å²) >= 11 is 0. The Morgan fingerprint density at radius 1 is 1.35 bits per heavy atom. The Kier molecular flexibility index (Phi) is 6.09. The van der Waals surface area contributed by atoms with Gasteiger partial charge in [-0.3, -0.25) is 4.72 Å². The van der Waals surface area contributed by atoms with Gasteiger partial charge in [-0.15, -0.1) is 0 Å². The molecule has 1 aromatic carbocycles. The number of benzene rings is 1. The highest BCUT2D eigenvalue weighted by atomic mass is 32.2. The molecule has 0 amide bonds. The number of ether oxygens (including phenoxy) is 1. The van der Waals surface area contributed by atoms with Crippen LogP contribution < -0.4 is 14.8 Å². The van der Waals surface area contributed by atoms with Crippen LogP contribution in [-0.2, 0) is 10.0 Å². The van der Waals surface area contributed by atoms with Gasteiger partial charge in [0.25, 0.3) is 0 Å². The summed E-state index contributed by atoms with van der Waals surface area (Å²) in [5.74, 6) is 0.181. The fraction of sp³-hybridized carbons (Fsp3) is 0.600. The van der Waals surface area contributed by atoms with E-state index >= 15 is 0 Å². The normalized spacial score (nSPS) is 17.1. The number of sulfonamides is 1. The van der Waals surface area contributed by atoms with Gasteiger partial charge in [0.2, 0.25) is 10.0 Å². The zero-order valence-corrected chi connectivity index (χ0v) is 14.0. The lowest BCUT2D eigenvalue weighted by Crippen LogP contribution is -2.36. The Bertz CT molecular complexity index is 614. The molecule has 0 aromatic heterocycles. The summed E-state index contributed by atoms with van der Waals surface area (Å²) in [7, 11) is -3.49. The minimum absolute atomic E-state index is 0.0450. The number of rotatable bonds is 8. The first kappa shape index (κ1) is 17.8. The van der Waals surface area contributed by atoms with E-state index in [2.05, 4.69) is 10.0 Å². The number of hydrogen-bond donors (Lipinski definition) is 4. The summed E-state index contributed by atoms with van der Waals surface area (Å²) in [6.07, 6.45) is 5.09. The summed E-state index contributed by atoms with van der Waals surface area (Å²) in [4.78, 5) is 0. The van der Waals surface area contributed by atoms with Gasteiger partial charge in [-0.05, 0) is 25.0 Å². The molecule has 2 rings (SSSR count). The zero-order chi connectivity index (χ0) is 16.9. The van der Waals surface area contributed by atoms with Crippen LogP contribution in [0.2, 0.25) is 0 Å². The third-order valence-electron chi connectivity index (χ3n) is 3.70. The van der Waals surface area contributed by atoms with Crippen LogP contribution in [0.25, 0.3) is 0 Å². The highest BCUT2D eigenvalue weighted by molar-refractivity contribution is 7.92. The van der Waals surface area contributed by atoms with Gasteiger partial charge in [0.15, 0.2) is 0 Å². The van der Waals surface area contributed by atoms with Gasteiger partial charge in [-0.25, -0.2) is 8.42 Å². The van der Waals surface area contributed by atoms with Crippen molar-refractivity contribution >= 4 is 15.7 Å². The second-order valence-electron chi connectivity index (χ2n) is 5.91. The molecule has 0 saturated heterocycles. The average Bonchev–Trinajstić information content (AvgIpc) is 2.98. The van der Waals surface area contributed by atoms with E-state index in [0.29, 0.717) is 18.3 Å². The number of aliphatic hydroxyl groups is 1. The topological polar surface area (TPSA) is 108 Å². The van der Waals surface area contributed by atoms with E-state index in [-0.39, 0.29) is 18.0 Å². The fourth-order valence-electron chi connectivity index (χ4n) is 2.57. The Morgan fingerprint density at radius 3 is 2.70 bits per heavy atom. The third-order valence-corrected chi connectivity index (χ3v) is 4.29. The van der Waals surface area contributed by atoms with Crippen LogP contribution in [0, 0.1) is 0 Å². The van der Waals surface area contributed by atoms with Crippen molar-refractivity contribution in [3.05, 3.63) is 18.2 Å². The molecule has 0 aliphatic heterocycles. The van der Waals surface area contributed by atoms with E-state index in [4.69, 9.17) is 4.74 Å². The molecule has 4 N–H and O–H groups in total. The Labute approximate surface area is 136 Å². The van der Waals surface area contributed by atoms with Crippen LogP contribution in [-0.4, -0.2) is 50.2 Å². The van der Waals surface area contributed by atoms with Crippen molar-refractivity contribution in [3.8, 4) is 11.5 Å². The predicted octanol–water partition coefficient (Wildman–Crippen LogP) is 1.04. The fourth-order valence-corrected chi connectivity index (χ4v) is 3.13. The molecule has 0 radical (unpaired) electrons. The van der Waals surface area contributed by atoms with Crippen LogP contribution >= 0.6 is 0 Å². The number of phenolic OH excluding ortho intramolecular Hbond substituents is 1. The van der Waals surface area contributed by atoms with E-state index in [1.807, 2.05) is 0 Å². The molecule has 1 unspecified atom stereocenters. The summed E-state index contributed by atoms with van der Waals surface area (Å²) in [6, 6.07) is 4.71. The molecule has 1 aromatic rings. The molecule has 0 spiro atoms. The standard InChI is InChI=1S/C15H24N2O5S/c1-23(20,21)17-14-8-13(6-7-15(14)19)22-10-12(18)9-16-11-4-2-3-5-11/h6-8,11-12,16-19H,2-5,9-10H2,1H3. The van der Waals surface area contributed by atoms with E-state index in [9.17, 15) is 18.6 Å². The van der Waals surface area contributed by atoms with Crippen LogP contribution in [0.5, 0.6) is 11.5 Å². The number of hydrogen-bond acceptors (Lipinski definition) is 6. The maximum Gasteiger partial charge on any atom is 0.229 e. The molecular weight excluding hydrogens is 320 g/mol. The quantitative estimate of drug-likeness (QED) is 0.525. The second kappa shape index (κ2) is 7.85. The second-order valence-corrected chi connectivity index (χ2v) is 7.66. The van der Waals surface area contributed by atoms with E-state index in [1.54, 1.807) is 0 Å². The van der Waals surface area contributed by atoms with Gasteiger partial charge in [0.1, 0.15) is 24.2 Å². The SMILES string of the molecule is CS(=O)(=O)Nc1cc(OCC(O)CNC2CCCC2)ccc1O. The summed E-state index contributed by atoms with van der Waals surface area (Å²) in [6.45, 7) is 0.542. The smallest absolute Gasteiger partial charge is 0.229 e. The summed E-state index contributed by atoms with van der Waals surface area (Å²) in [5, 5.41) is 22.9. The molecular formula is C15H24N2O5S. The first-order valence-corrected chi connectivity index (χ1v) is 9.57. The van der Waals surface area contributed by atoms with Gasteiger partial charge < -0.3 is 20.3 Å². The maximum atomic E-state index is 11.2. The Morgan fingerprint density at radius 2 is 2.04 bits per heavy atom. The number of aromatic hydroxyl groups is 1. The Balaban J connectivity index is 1.83. The number of phenols is 1. The molecule has 1 atom stereocenters. The Hall–Kier alpha value is -1.51. The first-order chi connectivity index (χ1) is 10.8. The van der Waals surface area contributed by atoms with Gasteiger partial charge in [-0.2, -0.15) is 0 Å². The van der Waals surface area contributed by atoms with Crippen LogP contribution in [0.4, 0.5) is 5.69 Å². The van der Waals surface area contributed by atoms with E-state index in [1.165, 1.54) is 31.0 Å². The number of anilines is 1. The molecule has 0 bridgehead atoms. The van der Waals surface area contributed by atoms with Crippen molar-refractivity contribution in [2.75, 3.05) is 24.1 Å². The van der Waals surface area contributed by atoms with Gasteiger partial charge in [0, 0.05) is 18.7 Å². The van der Waals surface area contributed by atoms with Crippen LogP contribution in [0.1, 0.15) is 25.7 Å². The molecule has 1 aliphatic carbocycles. The monoisotopic (exact) mass is 344 g/mol. The van der Waals surface area contributed by atoms with Crippen LogP contribution in [0.3, 0.4) is 0 Å². The highest BCUT2D eigenvalue weighted by Gasteiger charge is 2.16. The molecule has 23 heavy (non-hydrogen) atoms. The third kappa shape index (κ3) is 6.25. The molecule has 130 valence electrons. The van der Waals surface area contributed by atoms with Crippen molar-refractivity contribution in [1.82, 2.24) is 5.32 Å². The maximum absolute atomic E-state index is 11.2. The molecule has 0 heterocycles. The zero-order valence-electron chi connectivity index (χ0n) is 13.2. The minimum atomic E-state index is -3.49. The minimum Gasteiger partial charge on any atom is -0.506 e.